The average Bonchev–Trinajstić information content (AvgIpc) is 2.99. The summed E-state index contributed by atoms with van der Waals surface area (Å²) >= 11 is 7.59. The fourth-order valence-corrected chi connectivity index (χ4v) is 7.16. The van der Waals surface area contributed by atoms with Crippen molar-refractivity contribution in [1.82, 2.24) is 0 Å². The van der Waals surface area contributed by atoms with Gasteiger partial charge in [0.05, 0.1) is 27.8 Å². The fourth-order valence-electron chi connectivity index (χ4n) is 4.04. The molecule has 0 saturated heterocycles. The molecule has 0 aromatic heterocycles. The third-order valence-corrected chi connectivity index (χ3v) is 10.7. The Kier molecular flexibility index (Phi) is 10.3. The van der Waals surface area contributed by atoms with Crippen LogP contribution < -0.4 is 19.1 Å². The molecular formula is C30H30ClN3O6S3. The summed E-state index contributed by atoms with van der Waals surface area (Å²) in [5.41, 5.74) is 1.50. The van der Waals surface area contributed by atoms with E-state index in [0.29, 0.717) is 28.6 Å². The van der Waals surface area contributed by atoms with Gasteiger partial charge in [0, 0.05) is 15.6 Å². The van der Waals surface area contributed by atoms with Crippen LogP contribution in [0, 0.1) is 6.92 Å². The second-order valence-corrected chi connectivity index (χ2v) is 14.0. The first-order valence-corrected chi connectivity index (χ1v) is 17.5. The summed E-state index contributed by atoms with van der Waals surface area (Å²) in [7, 11) is -8.07. The molecule has 0 bridgehead atoms. The zero-order valence-electron chi connectivity index (χ0n) is 23.6. The summed E-state index contributed by atoms with van der Waals surface area (Å²) in [5.74, 6) is -0.0612. The zero-order valence-corrected chi connectivity index (χ0v) is 26.8. The minimum Gasteiger partial charge on any atom is -0.494 e. The molecule has 13 heteroatoms. The van der Waals surface area contributed by atoms with Crippen LogP contribution in [0.2, 0.25) is 5.02 Å². The number of amides is 1. The molecule has 0 aliphatic carbocycles. The predicted molar refractivity (Wildman–Crippen MR) is 172 cm³/mol. The minimum absolute atomic E-state index is 0.0304. The van der Waals surface area contributed by atoms with Crippen LogP contribution >= 0.6 is 23.4 Å². The summed E-state index contributed by atoms with van der Waals surface area (Å²) in [6.07, 6.45) is 1.89. The third-order valence-electron chi connectivity index (χ3n) is 6.33. The molecule has 2 N–H and O–H groups in total. The van der Waals surface area contributed by atoms with Gasteiger partial charge in [-0.15, -0.1) is 11.8 Å². The highest BCUT2D eigenvalue weighted by Crippen LogP contribution is 2.28. The number of thioether (sulfide) groups is 1. The number of hydrogen-bond donors (Lipinski definition) is 2. The summed E-state index contributed by atoms with van der Waals surface area (Å²) in [6.45, 7) is 3.46. The van der Waals surface area contributed by atoms with Crippen molar-refractivity contribution in [2.24, 2.45) is 0 Å². The lowest BCUT2D eigenvalue weighted by Gasteiger charge is -2.24. The Morgan fingerprint density at radius 2 is 1.51 bits per heavy atom. The van der Waals surface area contributed by atoms with E-state index in [1.165, 1.54) is 48.2 Å². The van der Waals surface area contributed by atoms with Crippen LogP contribution in [0.1, 0.15) is 12.5 Å². The lowest BCUT2D eigenvalue weighted by atomic mass is 10.2. The van der Waals surface area contributed by atoms with Crippen LogP contribution in [0.25, 0.3) is 0 Å². The molecule has 0 atom stereocenters. The Bertz CT molecular complexity index is 1800. The largest absolute Gasteiger partial charge is 0.494 e. The van der Waals surface area contributed by atoms with Gasteiger partial charge in [-0.1, -0.05) is 17.7 Å². The first kappa shape index (κ1) is 32.2. The number of nitrogens with zero attached hydrogens (tertiary/aromatic N) is 1. The van der Waals surface area contributed by atoms with E-state index in [4.69, 9.17) is 16.3 Å². The molecule has 0 radical (unpaired) electrons. The molecule has 0 heterocycles. The van der Waals surface area contributed by atoms with Gasteiger partial charge in [0.25, 0.3) is 20.0 Å². The molecule has 43 heavy (non-hydrogen) atoms. The van der Waals surface area contributed by atoms with Gasteiger partial charge in [0.1, 0.15) is 12.3 Å². The normalized spacial score (nSPS) is 11.5. The first-order valence-electron chi connectivity index (χ1n) is 13.0. The van der Waals surface area contributed by atoms with E-state index in [-0.39, 0.29) is 21.2 Å². The number of carbonyl (C=O) groups is 1. The number of rotatable bonds is 12. The quantitative estimate of drug-likeness (QED) is 0.169. The second kappa shape index (κ2) is 13.7. The van der Waals surface area contributed by atoms with Gasteiger partial charge in [-0.25, -0.2) is 16.8 Å². The van der Waals surface area contributed by atoms with Gasteiger partial charge in [-0.3, -0.25) is 13.8 Å². The van der Waals surface area contributed by atoms with Gasteiger partial charge in [-0.2, -0.15) is 0 Å². The topological polar surface area (TPSA) is 122 Å². The van der Waals surface area contributed by atoms with E-state index in [1.807, 2.05) is 13.2 Å². The Morgan fingerprint density at radius 3 is 2.12 bits per heavy atom. The Balaban J connectivity index is 1.54. The third kappa shape index (κ3) is 7.82. The number of carbonyl (C=O) groups excluding carboxylic acids is 1. The number of ether oxygens (including phenoxy) is 1. The lowest BCUT2D eigenvalue weighted by Crippen LogP contribution is -2.38. The molecule has 4 rings (SSSR count). The summed E-state index contributed by atoms with van der Waals surface area (Å²) in [6, 6.07) is 23.2. The molecule has 0 fully saturated rings. The average molecular weight is 660 g/mol. The summed E-state index contributed by atoms with van der Waals surface area (Å²) in [4.78, 5) is 14.0. The van der Waals surface area contributed by atoms with Crippen LogP contribution in [0.3, 0.4) is 0 Å². The number of halogens is 1. The molecule has 0 saturated carbocycles. The van der Waals surface area contributed by atoms with Crippen LogP contribution in [0.4, 0.5) is 17.1 Å². The molecule has 0 spiro atoms. The number of sulfonamides is 2. The summed E-state index contributed by atoms with van der Waals surface area (Å²) < 4.78 is 62.3. The van der Waals surface area contributed by atoms with E-state index in [2.05, 4.69) is 10.0 Å². The van der Waals surface area contributed by atoms with Crippen LogP contribution in [0.15, 0.2) is 106 Å². The molecule has 226 valence electrons. The highest BCUT2D eigenvalue weighted by Gasteiger charge is 2.27. The number of hydrogen-bond acceptors (Lipinski definition) is 7. The Labute approximate surface area is 261 Å². The van der Waals surface area contributed by atoms with Gasteiger partial charge in [0.15, 0.2) is 0 Å². The monoisotopic (exact) mass is 659 g/mol. The molecular weight excluding hydrogens is 630 g/mol. The van der Waals surface area contributed by atoms with E-state index in [0.717, 1.165) is 9.20 Å². The van der Waals surface area contributed by atoms with Crippen molar-refractivity contribution in [3.05, 3.63) is 102 Å². The van der Waals surface area contributed by atoms with Crippen molar-refractivity contribution >= 4 is 66.4 Å². The van der Waals surface area contributed by atoms with Gasteiger partial charge >= 0.3 is 0 Å². The van der Waals surface area contributed by atoms with Crippen LogP contribution in [-0.4, -0.2) is 42.2 Å². The van der Waals surface area contributed by atoms with Crippen molar-refractivity contribution in [1.29, 1.82) is 0 Å². The van der Waals surface area contributed by atoms with Crippen molar-refractivity contribution < 1.29 is 26.4 Å². The molecule has 4 aromatic rings. The Morgan fingerprint density at radius 1 is 0.884 bits per heavy atom. The number of nitrogens with one attached hydrogen (secondary N) is 2. The van der Waals surface area contributed by atoms with Crippen molar-refractivity contribution in [2.75, 3.05) is 33.8 Å². The maximum absolute atomic E-state index is 13.7. The van der Waals surface area contributed by atoms with Gasteiger partial charge in [-0.05, 0) is 111 Å². The minimum atomic E-state index is -4.13. The van der Waals surface area contributed by atoms with Crippen molar-refractivity contribution in [3.63, 3.8) is 0 Å². The highest BCUT2D eigenvalue weighted by molar-refractivity contribution is 7.98. The maximum atomic E-state index is 13.7. The molecule has 0 aliphatic rings. The fraction of sp³-hybridized carbons (Fsp3) is 0.167. The smallest absolute Gasteiger partial charge is 0.264 e. The van der Waals surface area contributed by atoms with E-state index < -0.39 is 32.5 Å². The number of benzene rings is 4. The molecule has 0 aliphatic heterocycles. The van der Waals surface area contributed by atoms with Crippen molar-refractivity contribution in [3.8, 4) is 5.75 Å². The lowest BCUT2D eigenvalue weighted by molar-refractivity contribution is -0.114. The van der Waals surface area contributed by atoms with Crippen LogP contribution in [0.5, 0.6) is 5.75 Å². The molecule has 0 unspecified atom stereocenters. The predicted octanol–water partition coefficient (Wildman–Crippen LogP) is 6.40. The second-order valence-electron chi connectivity index (χ2n) is 9.20. The van der Waals surface area contributed by atoms with E-state index in [1.54, 1.807) is 61.5 Å². The molecule has 4 aromatic carbocycles. The zero-order chi connectivity index (χ0) is 31.2. The SMILES string of the molecule is CCOc1ccc(N(CC(=O)Nc2ccc(S(=O)(=O)Nc3cccc(Cl)c3C)cc2)S(=O)(=O)c2ccc(SC)cc2)cc1. The highest BCUT2D eigenvalue weighted by atomic mass is 35.5. The van der Waals surface area contributed by atoms with E-state index >= 15 is 0 Å². The van der Waals surface area contributed by atoms with Crippen LogP contribution in [-0.2, 0) is 24.8 Å². The summed E-state index contributed by atoms with van der Waals surface area (Å²) in [5, 5.41) is 3.08. The van der Waals surface area contributed by atoms with Gasteiger partial charge in [0.2, 0.25) is 5.91 Å². The molecule has 1 amide bonds. The van der Waals surface area contributed by atoms with E-state index in [9.17, 15) is 21.6 Å². The number of anilines is 3. The Hall–Kier alpha value is -3.71. The first-order chi connectivity index (χ1) is 20.4. The van der Waals surface area contributed by atoms with Gasteiger partial charge < -0.3 is 10.1 Å². The van der Waals surface area contributed by atoms with Crippen molar-refractivity contribution in [2.45, 2.75) is 28.5 Å². The molecule has 9 nitrogen and oxygen atoms in total. The maximum Gasteiger partial charge on any atom is 0.264 e. The standard InChI is InChI=1S/C30H30ClN3O6S3/c1-4-40-24-12-10-23(11-13-24)34(43(38,39)27-18-14-25(41-3)15-19-27)20-30(35)32-22-8-16-26(17-9-22)42(36,37)33-29-7-5-6-28(31)21(29)2/h5-19,33H,4,20H2,1-3H3,(H,32,35).